The van der Waals surface area contributed by atoms with E-state index >= 15 is 0 Å². The van der Waals surface area contributed by atoms with Crippen LogP contribution in [0.2, 0.25) is 0 Å². The average molecular weight is 560 g/mol. The quantitative estimate of drug-likeness (QED) is 0.299. The van der Waals surface area contributed by atoms with Crippen molar-refractivity contribution in [3.63, 3.8) is 0 Å². The van der Waals surface area contributed by atoms with Crippen molar-refractivity contribution in [3.8, 4) is 0 Å². The van der Waals surface area contributed by atoms with Gasteiger partial charge in [-0.25, -0.2) is 53.5 Å². The van der Waals surface area contributed by atoms with Crippen LogP contribution in [0.1, 0.15) is 23.5 Å². The van der Waals surface area contributed by atoms with Crippen LogP contribution in [0.15, 0.2) is 12.1 Å². The first-order valence-electron chi connectivity index (χ1n) is 10.7. The molecular formula is C22H14F10N2O4. The second-order valence-corrected chi connectivity index (χ2v) is 8.54. The van der Waals surface area contributed by atoms with Crippen LogP contribution in [0.4, 0.5) is 43.9 Å². The van der Waals surface area contributed by atoms with Gasteiger partial charge >= 0.3 is 11.9 Å². The zero-order valence-corrected chi connectivity index (χ0v) is 18.6. The number of hydroxylamine groups is 4. The Balaban J connectivity index is 1.25. The number of nitrogens with zero attached hydrogens (tertiary/aromatic N) is 2. The lowest BCUT2D eigenvalue weighted by Gasteiger charge is -2.39. The predicted octanol–water partition coefficient (Wildman–Crippen LogP) is 4.30. The molecule has 0 spiro atoms. The van der Waals surface area contributed by atoms with Gasteiger partial charge in [0.05, 0.1) is 11.1 Å². The van der Waals surface area contributed by atoms with Crippen molar-refractivity contribution in [2.45, 2.75) is 12.3 Å². The summed E-state index contributed by atoms with van der Waals surface area (Å²) in [5.74, 6) is -20.8. The highest BCUT2D eigenvalue weighted by Crippen LogP contribution is 2.39. The van der Waals surface area contributed by atoms with Gasteiger partial charge in [-0.15, -0.1) is 10.1 Å². The van der Waals surface area contributed by atoms with Crippen LogP contribution in [0.25, 0.3) is 0 Å². The summed E-state index contributed by atoms with van der Waals surface area (Å²) in [4.78, 5) is 32.8. The largest absolute Gasteiger partial charge is 0.438 e. The van der Waals surface area contributed by atoms with E-state index in [9.17, 15) is 53.5 Å². The Bertz CT molecular complexity index is 1130. The van der Waals surface area contributed by atoms with E-state index in [2.05, 4.69) is 9.68 Å². The fourth-order valence-corrected chi connectivity index (χ4v) is 3.91. The van der Waals surface area contributed by atoms with E-state index in [4.69, 9.17) is 0 Å². The van der Waals surface area contributed by atoms with Gasteiger partial charge in [0, 0.05) is 50.1 Å². The summed E-state index contributed by atoms with van der Waals surface area (Å²) in [5.41, 5.74) is -2.95. The Morgan fingerprint density at radius 2 is 0.868 bits per heavy atom. The Morgan fingerprint density at radius 3 is 1.13 bits per heavy atom. The van der Waals surface area contributed by atoms with Gasteiger partial charge in [0.2, 0.25) is 0 Å². The number of carbonyl (C=O) groups excluding carboxylic acids is 2. The Morgan fingerprint density at radius 1 is 0.605 bits per heavy atom. The topological polar surface area (TPSA) is 59.1 Å². The van der Waals surface area contributed by atoms with Crippen molar-refractivity contribution in [2.75, 3.05) is 26.2 Å². The second-order valence-electron chi connectivity index (χ2n) is 8.54. The Kier molecular flexibility index (Phi) is 7.56. The summed E-state index contributed by atoms with van der Waals surface area (Å²) < 4.78 is 137. The maximum absolute atomic E-state index is 14.5. The number of rotatable bonds is 6. The molecule has 2 saturated heterocycles. The number of hydrogen-bond acceptors (Lipinski definition) is 6. The SMILES string of the molecule is O=C(ON1CC(C(F)c2c(F)c(F)cc(F)c2F)C1)C(=O)ON1CC(C(F)c2c(F)c(F)cc(F)c2F)C1. The second kappa shape index (κ2) is 10.4. The monoisotopic (exact) mass is 560 g/mol. The van der Waals surface area contributed by atoms with Gasteiger partial charge in [0.1, 0.15) is 12.3 Å². The average Bonchev–Trinajstić information content (AvgIpc) is 2.80. The van der Waals surface area contributed by atoms with Crippen molar-refractivity contribution in [2.24, 2.45) is 11.8 Å². The Labute approximate surface area is 206 Å². The van der Waals surface area contributed by atoms with Gasteiger partial charge in [-0.3, -0.25) is 0 Å². The first-order chi connectivity index (χ1) is 17.8. The molecule has 0 bridgehead atoms. The minimum Gasteiger partial charge on any atom is -0.359 e. The zero-order chi connectivity index (χ0) is 28.0. The molecule has 206 valence electrons. The normalized spacial score (nSPS) is 18.5. The first-order valence-corrected chi connectivity index (χ1v) is 10.7. The fraction of sp³-hybridized carbons (Fsp3) is 0.364. The minimum absolute atomic E-state index is 0.0900. The molecule has 16 heteroatoms. The summed E-state index contributed by atoms with van der Waals surface area (Å²) >= 11 is 0. The molecule has 2 aromatic rings. The molecule has 2 atom stereocenters. The lowest BCUT2D eigenvalue weighted by atomic mass is 9.91. The molecule has 2 aliphatic heterocycles. The standard InChI is InChI=1S/C22H14F10N2O4/c23-9-1-10(24)18(30)13(17(9)29)15(27)7-3-33(4-7)37-21(35)22(36)38-34-5-8(6-34)16(28)14-19(31)11(25)2-12(26)20(14)32/h1-2,7-8,15-16H,3-6H2. The van der Waals surface area contributed by atoms with Crippen LogP contribution < -0.4 is 0 Å². The molecule has 0 aromatic heterocycles. The molecule has 2 fully saturated rings. The van der Waals surface area contributed by atoms with Gasteiger partial charge < -0.3 is 9.68 Å². The van der Waals surface area contributed by atoms with Gasteiger partial charge in [0.15, 0.2) is 46.5 Å². The first kappa shape index (κ1) is 27.6. The summed E-state index contributed by atoms with van der Waals surface area (Å²) in [5, 5.41) is 1.37. The van der Waals surface area contributed by atoms with Crippen molar-refractivity contribution < 1.29 is 63.2 Å². The van der Waals surface area contributed by atoms with E-state index in [0.717, 1.165) is 0 Å². The molecule has 6 nitrogen and oxygen atoms in total. The van der Waals surface area contributed by atoms with Crippen LogP contribution in [0.3, 0.4) is 0 Å². The maximum atomic E-state index is 14.5. The summed E-state index contributed by atoms with van der Waals surface area (Å²) in [7, 11) is 0. The van der Waals surface area contributed by atoms with E-state index in [0.29, 0.717) is 10.1 Å². The number of halogens is 10. The number of carbonyl (C=O) groups is 2. The highest BCUT2D eigenvalue weighted by molar-refractivity contribution is 6.29. The predicted molar refractivity (Wildman–Crippen MR) is 103 cm³/mol. The summed E-state index contributed by atoms with van der Waals surface area (Å²) in [6, 6.07) is -0.180. The number of benzene rings is 2. The van der Waals surface area contributed by atoms with Crippen LogP contribution >= 0.6 is 0 Å². The third kappa shape index (κ3) is 5.01. The Hall–Kier alpha value is -3.40. The maximum Gasteiger partial charge on any atom is 0.438 e. The van der Waals surface area contributed by atoms with E-state index in [1.54, 1.807) is 0 Å². The highest BCUT2D eigenvalue weighted by atomic mass is 19.2. The van der Waals surface area contributed by atoms with Crippen LogP contribution in [-0.4, -0.2) is 48.2 Å². The smallest absolute Gasteiger partial charge is 0.359 e. The molecule has 4 rings (SSSR count). The van der Waals surface area contributed by atoms with Gasteiger partial charge in [-0.2, -0.15) is 0 Å². The van der Waals surface area contributed by atoms with Crippen molar-refractivity contribution in [1.29, 1.82) is 0 Å². The van der Waals surface area contributed by atoms with E-state index in [1.807, 2.05) is 0 Å². The van der Waals surface area contributed by atoms with E-state index < -0.39 is 120 Å². The molecule has 0 N–H and O–H groups in total. The molecule has 2 aliphatic rings. The zero-order valence-electron chi connectivity index (χ0n) is 18.6. The molecule has 0 radical (unpaired) electrons. The summed E-state index contributed by atoms with van der Waals surface area (Å²) in [6.45, 7) is -2.08. The third-order valence-corrected chi connectivity index (χ3v) is 6.01. The number of alkyl halides is 2. The van der Waals surface area contributed by atoms with Crippen molar-refractivity contribution in [1.82, 2.24) is 10.1 Å². The molecular weight excluding hydrogens is 546 g/mol. The van der Waals surface area contributed by atoms with E-state index in [-0.39, 0.29) is 12.1 Å². The minimum atomic E-state index is -2.52. The molecule has 2 unspecified atom stereocenters. The van der Waals surface area contributed by atoms with Crippen LogP contribution in [-0.2, 0) is 19.3 Å². The molecule has 0 saturated carbocycles. The molecule has 0 amide bonds. The lowest BCUT2D eigenvalue weighted by Crippen LogP contribution is -2.52. The van der Waals surface area contributed by atoms with E-state index in [1.165, 1.54) is 0 Å². The highest BCUT2D eigenvalue weighted by Gasteiger charge is 2.44. The molecule has 38 heavy (non-hydrogen) atoms. The lowest BCUT2D eigenvalue weighted by molar-refractivity contribution is -0.250. The van der Waals surface area contributed by atoms with Gasteiger partial charge in [0.25, 0.3) is 0 Å². The summed E-state index contributed by atoms with van der Waals surface area (Å²) in [6.07, 6.45) is -5.04. The van der Waals surface area contributed by atoms with Gasteiger partial charge in [-0.1, -0.05) is 0 Å². The molecule has 2 aromatic carbocycles. The third-order valence-electron chi connectivity index (χ3n) is 6.01. The number of hydrogen-bond donors (Lipinski definition) is 0. The van der Waals surface area contributed by atoms with Gasteiger partial charge in [-0.05, 0) is 0 Å². The molecule has 0 aliphatic carbocycles. The van der Waals surface area contributed by atoms with Crippen molar-refractivity contribution >= 4 is 11.9 Å². The molecule has 2 heterocycles. The van der Waals surface area contributed by atoms with Crippen LogP contribution in [0, 0.1) is 58.4 Å². The van der Waals surface area contributed by atoms with Crippen LogP contribution in [0.5, 0.6) is 0 Å². The fourth-order valence-electron chi connectivity index (χ4n) is 3.91. The van der Waals surface area contributed by atoms with Crippen molar-refractivity contribution in [3.05, 3.63) is 69.8 Å².